The predicted molar refractivity (Wildman–Crippen MR) is 36.7 cm³/mol. The van der Waals surface area contributed by atoms with E-state index in [1.807, 2.05) is 5.48 Å². The quantitative estimate of drug-likeness (QED) is 0.406. The average Bonchev–Trinajstić information content (AvgIpc) is 2.01. The van der Waals surface area contributed by atoms with Gasteiger partial charge in [-0.25, -0.2) is 0 Å². The predicted octanol–water partition coefficient (Wildman–Crippen LogP) is -0.513. The summed E-state index contributed by atoms with van der Waals surface area (Å²) in [5.74, 6) is 0. The molecule has 2 unspecified atom stereocenters. The van der Waals surface area contributed by atoms with Crippen LogP contribution >= 0.6 is 0 Å². The second-order valence-corrected chi connectivity index (χ2v) is 2.61. The van der Waals surface area contributed by atoms with Crippen LogP contribution in [0.4, 0.5) is 0 Å². The molecule has 0 fully saturated rings. The van der Waals surface area contributed by atoms with Crippen molar-refractivity contribution in [3.8, 4) is 0 Å². The van der Waals surface area contributed by atoms with Gasteiger partial charge < -0.3 is 15.4 Å². The highest BCUT2D eigenvalue weighted by Crippen LogP contribution is 2.10. The van der Waals surface area contributed by atoms with Crippen LogP contribution in [0.3, 0.4) is 0 Å². The van der Waals surface area contributed by atoms with Crippen LogP contribution in [-0.2, 0) is 0 Å². The Balaban J connectivity index is 4.02. The second kappa shape index (κ2) is 3.88. The van der Waals surface area contributed by atoms with Crippen LogP contribution in [0.15, 0.2) is 0 Å². The number of hydrogen-bond donors (Lipinski definition) is 4. The molecule has 2 atom stereocenters. The van der Waals surface area contributed by atoms with E-state index >= 15 is 0 Å². The Kier molecular flexibility index (Phi) is 3.81. The van der Waals surface area contributed by atoms with E-state index in [9.17, 15) is 5.11 Å². The highest BCUT2D eigenvalue weighted by atomic mass is 16.5. The maximum absolute atomic E-state index is 9.19. The Morgan fingerprint density at radius 1 is 1.60 bits per heavy atom. The lowest BCUT2D eigenvalue weighted by Crippen LogP contribution is -2.53. The normalized spacial score (nSPS) is 20.1. The number of aliphatic hydroxyl groups is 2. The number of hydroxylamine groups is 1. The van der Waals surface area contributed by atoms with Gasteiger partial charge in [0.15, 0.2) is 0 Å². The first-order valence-electron chi connectivity index (χ1n) is 3.31. The lowest BCUT2D eigenvalue weighted by atomic mass is 9.95. The van der Waals surface area contributed by atoms with Gasteiger partial charge in [0, 0.05) is 0 Å². The van der Waals surface area contributed by atoms with E-state index in [0.29, 0.717) is 6.42 Å². The molecule has 62 valence electrons. The topological polar surface area (TPSA) is 72.7 Å². The van der Waals surface area contributed by atoms with Crippen molar-refractivity contribution in [1.29, 1.82) is 0 Å². The van der Waals surface area contributed by atoms with E-state index in [0.717, 1.165) is 0 Å². The van der Waals surface area contributed by atoms with Crippen molar-refractivity contribution in [2.75, 3.05) is 6.61 Å². The fourth-order valence-corrected chi connectivity index (χ4v) is 0.666. The first-order chi connectivity index (χ1) is 4.60. The van der Waals surface area contributed by atoms with Crippen molar-refractivity contribution in [2.45, 2.75) is 31.9 Å². The van der Waals surface area contributed by atoms with E-state index in [4.69, 9.17) is 10.3 Å². The zero-order chi connectivity index (χ0) is 8.20. The molecule has 0 amide bonds. The van der Waals surface area contributed by atoms with Gasteiger partial charge in [0.05, 0.1) is 18.2 Å². The maximum Gasteiger partial charge on any atom is 0.0889 e. The van der Waals surface area contributed by atoms with E-state index in [1.54, 1.807) is 13.8 Å². The summed E-state index contributed by atoms with van der Waals surface area (Å²) < 4.78 is 0. The Morgan fingerprint density at radius 2 is 2.10 bits per heavy atom. The molecule has 0 aromatic carbocycles. The summed E-state index contributed by atoms with van der Waals surface area (Å²) in [5, 5.41) is 26.4. The number of hydrogen-bond acceptors (Lipinski definition) is 4. The zero-order valence-corrected chi connectivity index (χ0v) is 6.33. The minimum atomic E-state index is -0.991. The van der Waals surface area contributed by atoms with Crippen molar-refractivity contribution in [1.82, 2.24) is 5.48 Å². The molecule has 0 spiro atoms. The summed E-state index contributed by atoms with van der Waals surface area (Å²) in [7, 11) is 0. The minimum absolute atomic E-state index is 0.293. The highest BCUT2D eigenvalue weighted by Gasteiger charge is 2.30. The summed E-state index contributed by atoms with van der Waals surface area (Å²) >= 11 is 0. The summed E-state index contributed by atoms with van der Waals surface area (Å²) in [6.07, 6.45) is -0.243. The molecule has 4 N–H and O–H groups in total. The van der Waals surface area contributed by atoms with Gasteiger partial charge in [0.2, 0.25) is 0 Å². The molecular formula is C6H15NO3. The number of aliphatic hydroxyl groups excluding tert-OH is 2. The first-order valence-corrected chi connectivity index (χ1v) is 3.31. The fourth-order valence-electron chi connectivity index (χ4n) is 0.666. The van der Waals surface area contributed by atoms with Crippen molar-refractivity contribution in [2.24, 2.45) is 0 Å². The molecule has 0 radical (unpaired) electrons. The van der Waals surface area contributed by atoms with E-state index < -0.39 is 11.6 Å². The Bertz CT molecular complexity index is 93.0. The summed E-state index contributed by atoms with van der Waals surface area (Å²) in [6.45, 7) is 3.02. The number of rotatable bonds is 4. The molecule has 0 saturated heterocycles. The Labute approximate surface area is 60.5 Å². The van der Waals surface area contributed by atoms with E-state index in [-0.39, 0.29) is 6.61 Å². The lowest BCUT2D eigenvalue weighted by molar-refractivity contribution is -0.0476. The van der Waals surface area contributed by atoms with Crippen LogP contribution in [0.1, 0.15) is 20.3 Å². The van der Waals surface area contributed by atoms with Gasteiger partial charge in [0.25, 0.3) is 0 Å². The number of nitrogens with one attached hydrogen (secondary N) is 1. The van der Waals surface area contributed by atoms with Crippen LogP contribution < -0.4 is 5.48 Å². The SMILES string of the molecule is CCC(O)C(C)(CO)NO. The van der Waals surface area contributed by atoms with Crippen molar-refractivity contribution in [3.63, 3.8) is 0 Å². The molecule has 0 aliphatic carbocycles. The average molecular weight is 149 g/mol. The van der Waals surface area contributed by atoms with Crippen LogP contribution in [0.2, 0.25) is 0 Å². The van der Waals surface area contributed by atoms with Gasteiger partial charge in [-0.3, -0.25) is 0 Å². The minimum Gasteiger partial charge on any atom is -0.394 e. The van der Waals surface area contributed by atoms with Crippen molar-refractivity contribution < 1.29 is 15.4 Å². The summed E-state index contributed by atoms with van der Waals surface area (Å²) in [6, 6.07) is 0. The molecule has 0 rings (SSSR count). The van der Waals surface area contributed by atoms with Crippen LogP contribution in [-0.4, -0.2) is 33.7 Å². The molecular weight excluding hydrogens is 134 g/mol. The third kappa shape index (κ3) is 1.91. The monoisotopic (exact) mass is 149 g/mol. The maximum atomic E-state index is 9.19. The van der Waals surface area contributed by atoms with Gasteiger partial charge in [0.1, 0.15) is 0 Å². The molecule has 0 aliphatic rings. The standard InChI is InChI=1S/C6H15NO3/c1-3-5(9)6(2,4-8)7-10/h5,7-10H,3-4H2,1-2H3. The van der Waals surface area contributed by atoms with E-state index in [1.165, 1.54) is 0 Å². The molecule has 0 saturated carbocycles. The van der Waals surface area contributed by atoms with Gasteiger partial charge >= 0.3 is 0 Å². The molecule has 0 aromatic rings. The summed E-state index contributed by atoms with van der Waals surface area (Å²) in [5.41, 5.74) is 0.887. The molecule has 10 heavy (non-hydrogen) atoms. The Hall–Kier alpha value is -0.160. The molecule has 4 heteroatoms. The fraction of sp³-hybridized carbons (Fsp3) is 1.00. The molecule has 0 heterocycles. The van der Waals surface area contributed by atoms with E-state index in [2.05, 4.69) is 0 Å². The molecule has 0 bridgehead atoms. The van der Waals surface area contributed by atoms with Crippen molar-refractivity contribution >= 4 is 0 Å². The first kappa shape index (κ1) is 9.84. The van der Waals surface area contributed by atoms with Crippen LogP contribution in [0, 0.1) is 0 Å². The molecule has 0 aromatic heterocycles. The van der Waals surface area contributed by atoms with Crippen LogP contribution in [0.5, 0.6) is 0 Å². The smallest absolute Gasteiger partial charge is 0.0889 e. The van der Waals surface area contributed by atoms with Gasteiger partial charge in [-0.15, -0.1) is 0 Å². The van der Waals surface area contributed by atoms with Gasteiger partial charge in [-0.05, 0) is 13.3 Å². The second-order valence-electron chi connectivity index (χ2n) is 2.61. The zero-order valence-electron chi connectivity index (χ0n) is 6.33. The lowest BCUT2D eigenvalue weighted by Gasteiger charge is -2.29. The highest BCUT2D eigenvalue weighted by molar-refractivity contribution is 4.85. The largest absolute Gasteiger partial charge is 0.394 e. The van der Waals surface area contributed by atoms with Crippen LogP contribution in [0.25, 0.3) is 0 Å². The summed E-state index contributed by atoms with van der Waals surface area (Å²) in [4.78, 5) is 0. The third-order valence-corrected chi connectivity index (χ3v) is 1.71. The van der Waals surface area contributed by atoms with Gasteiger partial charge in [-0.1, -0.05) is 6.92 Å². The van der Waals surface area contributed by atoms with Gasteiger partial charge in [-0.2, -0.15) is 5.48 Å². The Morgan fingerprint density at radius 3 is 2.20 bits per heavy atom. The molecule has 4 nitrogen and oxygen atoms in total. The molecule has 0 aliphatic heterocycles. The third-order valence-electron chi connectivity index (χ3n) is 1.71. The van der Waals surface area contributed by atoms with Crippen molar-refractivity contribution in [3.05, 3.63) is 0 Å².